The van der Waals surface area contributed by atoms with Gasteiger partial charge in [0.25, 0.3) is 0 Å². The Morgan fingerprint density at radius 1 is 1.27 bits per heavy atom. The van der Waals surface area contributed by atoms with Gasteiger partial charge in [0.2, 0.25) is 0 Å². The van der Waals surface area contributed by atoms with E-state index in [4.69, 9.17) is 9.47 Å². The summed E-state index contributed by atoms with van der Waals surface area (Å²) >= 11 is 0. The molecule has 0 aromatic rings. The van der Waals surface area contributed by atoms with Gasteiger partial charge in [0.15, 0.2) is 0 Å². The highest BCUT2D eigenvalue weighted by atomic mass is 16.6. The summed E-state index contributed by atoms with van der Waals surface area (Å²) < 4.78 is 10.9. The molecule has 0 aliphatic carbocycles. The molecule has 2 aliphatic rings. The van der Waals surface area contributed by atoms with Crippen molar-refractivity contribution in [3.8, 4) is 12.8 Å². The van der Waals surface area contributed by atoms with Gasteiger partial charge in [0.05, 0.1) is 18.8 Å². The monoisotopic (exact) mass is 154 g/mol. The molecule has 2 heteroatoms. The standard InChI is InChI=1S/C7H12O2.C2H2/c1-5-4-9-6-2-3-8-7(5)6;1-2/h5-7H,2-4H2,1H3;1-2H. The Hall–Kier alpha value is -0.520. The van der Waals surface area contributed by atoms with Gasteiger partial charge in [0, 0.05) is 12.5 Å². The molecule has 2 heterocycles. The number of fused-ring (bicyclic) bond motifs is 1. The van der Waals surface area contributed by atoms with Crippen LogP contribution in [0.15, 0.2) is 0 Å². The zero-order valence-corrected chi connectivity index (χ0v) is 6.82. The lowest BCUT2D eigenvalue weighted by Gasteiger charge is -2.08. The van der Waals surface area contributed by atoms with Crippen molar-refractivity contribution < 1.29 is 9.47 Å². The molecule has 0 bridgehead atoms. The molecule has 2 saturated heterocycles. The fraction of sp³-hybridized carbons (Fsp3) is 0.778. The van der Waals surface area contributed by atoms with Crippen LogP contribution in [0.5, 0.6) is 0 Å². The Morgan fingerprint density at radius 2 is 2.00 bits per heavy atom. The fourth-order valence-electron chi connectivity index (χ4n) is 1.67. The molecule has 3 atom stereocenters. The molecular weight excluding hydrogens is 140 g/mol. The molecule has 0 amide bonds. The van der Waals surface area contributed by atoms with Crippen LogP contribution in [-0.2, 0) is 9.47 Å². The molecule has 2 fully saturated rings. The van der Waals surface area contributed by atoms with Crippen LogP contribution in [0.2, 0.25) is 0 Å². The molecule has 3 unspecified atom stereocenters. The van der Waals surface area contributed by atoms with Gasteiger partial charge in [-0.2, -0.15) is 0 Å². The number of rotatable bonds is 0. The molecule has 2 rings (SSSR count). The second-order valence-electron chi connectivity index (χ2n) is 2.97. The fourth-order valence-corrected chi connectivity index (χ4v) is 1.67. The highest BCUT2D eigenvalue weighted by molar-refractivity contribution is 4.86. The van der Waals surface area contributed by atoms with Gasteiger partial charge in [0.1, 0.15) is 0 Å². The first-order chi connectivity index (χ1) is 5.38. The number of hydrogen-bond donors (Lipinski definition) is 0. The van der Waals surface area contributed by atoms with Gasteiger partial charge in [-0.25, -0.2) is 0 Å². The van der Waals surface area contributed by atoms with Gasteiger partial charge in [-0.15, -0.1) is 12.8 Å². The Labute approximate surface area is 67.9 Å². The minimum absolute atomic E-state index is 0.421. The van der Waals surface area contributed by atoms with Crippen molar-refractivity contribution in [2.45, 2.75) is 25.6 Å². The Morgan fingerprint density at radius 3 is 2.64 bits per heavy atom. The van der Waals surface area contributed by atoms with E-state index in [1.807, 2.05) is 0 Å². The van der Waals surface area contributed by atoms with Crippen molar-refractivity contribution in [3.63, 3.8) is 0 Å². The van der Waals surface area contributed by atoms with Crippen molar-refractivity contribution in [3.05, 3.63) is 0 Å². The van der Waals surface area contributed by atoms with E-state index >= 15 is 0 Å². The molecule has 0 saturated carbocycles. The van der Waals surface area contributed by atoms with E-state index in [1.165, 1.54) is 0 Å². The Bertz CT molecular complexity index is 142. The average Bonchev–Trinajstić information content (AvgIpc) is 2.60. The molecule has 2 aliphatic heterocycles. The van der Waals surface area contributed by atoms with Crippen molar-refractivity contribution >= 4 is 0 Å². The summed E-state index contributed by atoms with van der Waals surface area (Å²) in [5.74, 6) is 0.623. The van der Waals surface area contributed by atoms with Crippen molar-refractivity contribution in [2.75, 3.05) is 13.2 Å². The van der Waals surface area contributed by atoms with Gasteiger partial charge >= 0.3 is 0 Å². The zero-order chi connectivity index (χ0) is 8.27. The quantitative estimate of drug-likeness (QED) is 0.486. The van der Waals surface area contributed by atoms with Crippen molar-refractivity contribution in [1.82, 2.24) is 0 Å². The first-order valence-corrected chi connectivity index (χ1v) is 3.94. The van der Waals surface area contributed by atoms with Crippen LogP contribution in [0.25, 0.3) is 0 Å². The lowest BCUT2D eigenvalue weighted by Crippen LogP contribution is -2.19. The van der Waals surface area contributed by atoms with E-state index in [1.54, 1.807) is 0 Å². The summed E-state index contributed by atoms with van der Waals surface area (Å²) in [6, 6.07) is 0. The number of terminal acetylenes is 1. The van der Waals surface area contributed by atoms with Gasteiger partial charge in [-0.1, -0.05) is 6.92 Å². The van der Waals surface area contributed by atoms with Crippen LogP contribution in [-0.4, -0.2) is 25.4 Å². The van der Waals surface area contributed by atoms with E-state index in [2.05, 4.69) is 19.8 Å². The predicted molar refractivity (Wildman–Crippen MR) is 43.2 cm³/mol. The van der Waals surface area contributed by atoms with Crippen LogP contribution >= 0.6 is 0 Å². The third kappa shape index (κ3) is 1.55. The molecule has 0 aromatic heterocycles. The predicted octanol–water partition coefficient (Wildman–Crippen LogP) is 1.06. The van der Waals surface area contributed by atoms with Gasteiger partial charge in [-0.05, 0) is 6.42 Å². The average molecular weight is 154 g/mol. The first-order valence-electron chi connectivity index (χ1n) is 3.94. The maximum atomic E-state index is 5.46. The highest BCUT2D eigenvalue weighted by Crippen LogP contribution is 2.29. The summed E-state index contributed by atoms with van der Waals surface area (Å²) in [7, 11) is 0. The molecule has 11 heavy (non-hydrogen) atoms. The van der Waals surface area contributed by atoms with Gasteiger partial charge in [-0.3, -0.25) is 0 Å². The maximum absolute atomic E-state index is 5.46. The minimum atomic E-state index is 0.421. The summed E-state index contributed by atoms with van der Waals surface area (Å²) in [6.45, 7) is 3.99. The minimum Gasteiger partial charge on any atom is -0.375 e. The summed E-state index contributed by atoms with van der Waals surface area (Å²) in [4.78, 5) is 0. The number of ether oxygens (including phenoxy) is 2. The molecule has 62 valence electrons. The second-order valence-corrected chi connectivity index (χ2v) is 2.97. The van der Waals surface area contributed by atoms with Crippen LogP contribution in [0, 0.1) is 18.8 Å². The lowest BCUT2D eigenvalue weighted by molar-refractivity contribution is 0.0658. The third-order valence-corrected chi connectivity index (χ3v) is 2.21. The highest BCUT2D eigenvalue weighted by Gasteiger charge is 2.38. The third-order valence-electron chi connectivity index (χ3n) is 2.21. The SMILES string of the molecule is C#C.CC1COC2CCOC12. The molecule has 0 aromatic carbocycles. The summed E-state index contributed by atoms with van der Waals surface area (Å²) in [5, 5.41) is 0. The van der Waals surface area contributed by atoms with Crippen LogP contribution in [0.4, 0.5) is 0 Å². The number of hydrogen-bond acceptors (Lipinski definition) is 2. The van der Waals surface area contributed by atoms with E-state index in [9.17, 15) is 0 Å². The first kappa shape index (κ1) is 8.58. The second kappa shape index (κ2) is 3.75. The van der Waals surface area contributed by atoms with Crippen LogP contribution < -0.4 is 0 Å². The topological polar surface area (TPSA) is 18.5 Å². The van der Waals surface area contributed by atoms with Gasteiger partial charge < -0.3 is 9.47 Å². The van der Waals surface area contributed by atoms with Crippen LogP contribution in [0.1, 0.15) is 13.3 Å². The summed E-state index contributed by atoms with van der Waals surface area (Å²) in [5.41, 5.74) is 0. The Kier molecular flexibility index (Phi) is 2.92. The maximum Gasteiger partial charge on any atom is 0.0884 e. The Balaban J connectivity index is 0.000000281. The lowest BCUT2D eigenvalue weighted by atomic mass is 10.1. The van der Waals surface area contributed by atoms with Crippen LogP contribution in [0.3, 0.4) is 0 Å². The van der Waals surface area contributed by atoms with E-state index < -0.39 is 0 Å². The molecule has 0 N–H and O–H groups in total. The molecule has 0 radical (unpaired) electrons. The van der Waals surface area contributed by atoms with Crippen molar-refractivity contribution in [1.29, 1.82) is 0 Å². The smallest absolute Gasteiger partial charge is 0.0884 e. The van der Waals surface area contributed by atoms with E-state index in [0.717, 1.165) is 19.6 Å². The molecular formula is C9H14O2. The normalized spacial score (nSPS) is 40.8. The van der Waals surface area contributed by atoms with E-state index in [-0.39, 0.29) is 0 Å². The largest absolute Gasteiger partial charge is 0.375 e. The zero-order valence-electron chi connectivity index (χ0n) is 6.82. The summed E-state index contributed by atoms with van der Waals surface area (Å²) in [6.07, 6.45) is 9.96. The van der Waals surface area contributed by atoms with Crippen molar-refractivity contribution in [2.24, 2.45) is 5.92 Å². The van der Waals surface area contributed by atoms with E-state index in [0.29, 0.717) is 18.1 Å². The molecule has 0 spiro atoms. The molecule has 2 nitrogen and oxygen atoms in total.